The smallest absolute Gasteiger partial charge is 0.265 e. The van der Waals surface area contributed by atoms with Gasteiger partial charge in [-0.25, -0.2) is 17.7 Å². The van der Waals surface area contributed by atoms with Crippen LogP contribution in [0.5, 0.6) is 0 Å². The zero-order valence-electron chi connectivity index (χ0n) is 17.8. The lowest BCUT2D eigenvalue weighted by Gasteiger charge is -2.24. The Morgan fingerprint density at radius 2 is 1.75 bits per heavy atom. The molecule has 0 fully saturated rings. The van der Waals surface area contributed by atoms with E-state index < -0.39 is 10.0 Å². The molecule has 5 nitrogen and oxygen atoms in total. The number of sulfonamides is 1. The Kier molecular flexibility index (Phi) is 5.19. The Morgan fingerprint density at radius 3 is 2.53 bits per heavy atom. The molecule has 6 heteroatoms. The number of fused-ring (bicyclic) bond motifs is 3. The van der Waals surface area contributed by atoms with E-state index in [1.807, 2.05) is 73.7 Å². The molecule has 162 valence electrons. The summed E-state index contributed by atoms with van der Waals surface area (Å²) in [6.07, 6.45) is 2.49. The molecule has 0 aromatic heterocycles. The Morgan fingerprint density at radius 1 is 1.00 bits per heavy atom. The minimum Gasteiger partial charge on any atom is -0.396 e. The van der Waals surface area contributed by atoms with E-state index in [-0.39, 0.29) is 24.0 Å². The molecule has 3 aromatic rings. The average Bonchev–Trinajstić information content (AvgIpc) is 3.05. The van der Waals surface area contributed by atoms with Crippen molar-refractivity contribution in [2.75, 3.05) is 13.2 Å². The van der Waals surface area contributed by atoms with Crippen LogP contribution in [0, 0.1) is 12.8 Å². The van der Waals surface area contributed by atoms with Gasteiger partial charge in [-0.3, -0.25) is 0 Å². The summed E-state index contributed by atoms with van der Waals surface area (Å²) in [5, 5.41) is 9.83. The number of aryl methyl sites for hydroxylation is 1. The molecule has 0 amide bonds. The zero-order chi connectivity index (χ0) is 22.3. The summed E-state index contributed by atoms with van der Waals surface area (Å²) in [5.74, 6) is 0.309. The highest BCUT2D eigenvalue weighted by Crippen LogP contribution is 2.40. The molecule has 1 atom stereocenters. The third-order valence-electron chi connectivity index (χ3n) is 6.12. The number of para-hydroxylation sites is 1. The minimum absolute atomic E-state index is 0.0322. The molecule has 0 saturated heterocycles. The van der Waals surface area contributed by atoms with Crippen LogP contribution in [0.15, 0.2) is 88.8 Å². The van der Waals surface area contributed by atoms with E-state index in [0.717, 1.165) is 33.5 Å². The van der Waals surface area contributed by atoms with Gasteiger partial charge in [0.1, 0.15) is 0 Å². The average molecular weight is 445 g/mol. The van der Waals surface area contributed by atoms with Crippen LogP contribution in [0.2, 0.25) is 0 Å². The molecule has 1 unspecified atom stereocenters. The number of amidine groups is 1. The molecule has 0 spiro atoms. The van der Waals surface area contributed by atoms with Gasteiger partial charge in [0.15, 0.2) is 5.84 Å². The third-order valence-corrected chi connectivity index (χ3v) is 7.90. The summed E-state index contributed by atoms with van der Waals surface area (Å²) >= 11 is 0. The summed E-state index contributed by atoms with van der Waals surface area (Å²) in [7, 11) is -3.86. The van der Waals surface area contributed by atoms with Gasteiger partial charge in [-0.05, 0) is 48.2 Å². The van der Waals surface area contributed by atoms with Crippen LogP contribution in [0.3, 0.4) is 0 Å². The van der Waals surface area contributed by atoms with Crippen molar-refractivity contribution in [3.63, 3.8) is 0 Å². The van der Waals surface area contributed by atoms with Gasteiger partial charge in [-0.15, -0.1) is 0 Å². The van der Waals surface area contributed by atoms with E-state index in [4.69, 9.17) is 0 Å². The lowest BCUT2D eigenvalue weighted by Crippen LogP contribution is -2.37. The normalized spacial score (nSPS) is 17.8. The highest BCUT2D eigenvalue weighted by atomic mass is 32.2. The Balaban J connectivity index is 1.61. The van der Waals surface area contributed by atoms with E-state index in [1.54, 1.807) is 12.1 Å². The lowest BCUT2D eigenvalue weighted by molar-refractivity contribution is 0.244. The Labute approximate surface area is 188 Å². The van der Waals surface area contributed by atoms with Gasteiger partial charge in [-0.2, -0.15) is 0 Å². The zero-order valence-corrected chi connectivity index (χ0v) is 18.6. The molecule has 1 N–H and O–H groups in total. The van der Waals surface area contributed by atoms with Crippen molar-refractivity contribution >= 4 is 27.1 Å². The highest BCUT2D eigenvalue weighted by Gasteiger charge is 2.36. The second-order valence-corrected chi connectivity index (χ2v) is 10.0. The number of aliphatic hydroxyl groups is 1. The van der Waals surface area contributed by atoms with Crippen LogP contribution < -0.4 is 0 Å². The maximum Gasteiger partial charge on any atom is 0.265 e. The van der Waals surface area contributed by atoms with Crippen molar-refractivity contribution in [3.8, 4) is 11.1 Å². The summed E-state index contributed by atoms with van der Waals surface area (Å²) in [6, 6.07) is 22.7. The van der Waals surface area contributed by atoms with Gasteiger partial charge in [0, 0.05) is 30.2 Å². The minimum atomic E-state index is -3.86. The van der Waals surface area contributed by atoms with Crippen molar-refractivity contribution in [1.29, 1.82) is 0 Å². The number of hydrogen-bond acceptors (Lipinski definition) is 4. The SMILES string of the molecule is Cc1ccc(S(=O)(=O)N2CCC(CO)C=C3C2=Nc2ccccc23)cc1-c1ccccc1. The van der Waals surface area contributed by atoms with Gasteiger partial charge in [0.25, 0.3) is 10.0 Å². The van der Waals surface area contributed by atoms with E-state index in [1.165, 1.54) is 4.31 Å². The first kappa shape index (κ1) is 20.7. The number of benzene rings is 3. The first-order valence-electron chi connectivity index (χ1n) is 10.7. The molecule has 0 saturated carbocycles. The number of aliphatic hydroxyl groups excluding tert-OH is 1. The molecule has 32 heavy (non-hydrogen) atoms. The van der Waals surface area contributed by atoms with E-state index >= 15 is 0 Å². The molecule has 2 aliphatic heterocycles. The van der Waals surface area contributed by atoms with E-state index in [9.17, 15) is 13.5 Å². The number of nitrogens with zero attached hydrogens (tertiary/aromatic N) is 2. The molecule has 0 aliphatic carbocycles. The quantitative estimate of drug-likeness (QED) is 0.629. The predicted octanol–water partition coefficient (Wildman–Crippen LogP) is 4.79. The highest BCUT2D eigenvalue weighted by molar-refractivity contribution is 7.89. The van der Waals surface area contributed by atoms with Gasteiger partial charge in [0.2, 0.25) is 0 Å². The molecule has 2 heterocycles. The maximum absolute atomic E-state index is 13.9. The van der Waals surface area contributed by atoms with Crippen LogP contribution in [0.25, 0.3) is 16.7 Å². The Bertz CT molecular complexity index is 1340. The monoisotopic (exact) mass is 444 g/mol. The van der Waals surface area contributed by atoms with E-state index in [0.29, 0.717) is 12.3 Å². The number of hydrogen-bond donors (Lipinski definition) is 1. The molecule has 2 aliphatic rings. The van der Waals surface area contributed by atoms with Gasteiger partial charge in [-0.1, -0.05) is 60.7 Å². The molecular formula is C26H24N2O3S. The van der Waals surface area contributed by atoms with E-state index in [2.05, 4.69) is 4.99 Å². The molecule has 0 bridgehead atoms. The summed E-state index contributed by atoms with van der Waals surface area (Å²) in [4.78, 5) is 4.93. The molecule has 3 aromatic carbocycles. The second-order valence-electron chi connectivity index (χ2n) is 8.18. The van der Waals surface area contributed by atoms with Crippen molar-refractivity contribution in [2.24, 2.45) is 10.9 Å². The fraction of sp³-hybridized carbons (Fsp3) is 0.192. The van der Waals surface area contributed by atoms with Crippen molar-refractivity contribution in [2.45, 2.75) is 18.2 Å². The van der Waals surface area contributed by atoms with Crippen LogP contribution in [0.1, 0.15) is 17.5 Å². The molecule has 0 radical (unpaired) electrons. The number of rotatable bonds is 4. The molecular weight excluding hydrogens is 420 g/mol. The Hall–Kier alpha value is -3.22. The van der Waals surface area contributed by atoms with Crippen molar-refractivity contribution in [3.05, 3.63) is 90.0 Å². The molecule has 5 rings (SSSR count). The first-order valence-corrected chi connectivity index (χ1v) is 12.1. The van der Waals surface area contributed by atoms with Gasteiger partial charge in [0.05, 0.1) is 10.6 Å². The first-order chi connectivity index (χ1) is 15.5. The van der Waals surface area contributed by atoms with Crippen LogP contribution in [-0.2, 0) is 10.0 Å². The fourth-order valence-electron chi connectivity index (χ4n) is 4.35. The van der Waals surface area contributed by atoms with Crippen LogP contribution >= 0.6 is 0 Å². The second kappa shape index (κ2) is 8.04. The predicted molar refractivity (Wildman–Crippen MR) is 127 cm³/mol. The van der Waals surface area contributed by atoms with Gasteiger partial charge >= 0.3 is 0 Å². The van der Waals surface area contributed by atoms with Crippen LogP contribution in [-0.4, -0.2) is 36.8 Å². The number of aliphatic imine (C=N–C) groups is 1. The topological polar surface area (TPSA) is 70.0 Å². The third kappa shape index (κ3) is 3.45. The van der Waals surface area contributed by atoms with Crippen molar-refractivity contribution < 1.29 is 13.5 Å². The standard InChI is InChI=1S/C26H24N2O3S/c1-18-11-12-21(16-23(18)20-7-3-2-4-8-20)32(30,31)28-14-13-19(17-29)15-24-22-9-5-6-10-25(22)27-26(24)28/h2-12,15-16,19,29H,13-14,17H2,1H3. The summed E-state index contributed by atoms with van der Waals surface area (Å²) in [6.45, 7) is 2.21. The summed E-state index contributed by atoms with van der Waals surface area (Å²) < 4.78 is 29.2. The summed E-state index contributed by atoms with van der Waals surface area (Å²) in [5.41, 5.74) is 5.30. The largest absolute Gasteiger partial charge is 0.396 e. The van der Waals surface area contributed by atoms with Crippen molar-refractivity contribution in [1.82, 2.24) is 4.31 Å². The lowest BCUT2D eigenvalue weighted by atomic mass is 10.00. The maximum atomic E-state index is 13.9. The fourth-order valence-corrected chi connectivity index (χ4v) is 5.83. The van der Waals surface area contributed by atoms with Gasteiger partial charge < -0.3 is 5.11 Å². The van der Waals surface area contributed by atoms with Crippen LogP contribution in [0.4, 0.5) is 5.69 Å².